The minimum absolute atomic E-state index is 0.0136. The number of likely N-dealkylation sites (tertiary alicyclic amines) is 1. The zero-order chi connectivity index (χ0) is 21.7. The molecule has 3 aromatic rings. The maximum absolute atomic E-state index is 13.2. The van der Waals surface area contributed by atoms with Gasteiger partial charge in [-0.05, 0) is 44.7 Å². The topological polar surface area (TPSA) is 86.2 Å². The number of carbonyl (C=O) groups is 1. The highest BCUT2D eigenvalue weighted by molar-refractivity contribution is 5.76. The second-order valence-electron chi connectivity index (χ2n) is 8.85. The summed E-state index contributed by atoms with van der Waals surface area (Å²) in [6.07, 6.45) is 5.68. The van der Waals surface area contributed by atoms with Gasteiger partial charge in [-0.15, -0.1) is 0 Å². The normalized spacial score (nSPS) is 20.0. The highest BCUT2D eigenvalue weighted by Crippen LogP contribution is 2.36. The molecule has 3 aromatic heterocycles. The first kappa shape index (κ1) is 19.8. The van der Waals surface area contributed by atoms with Gasteiger partial charge >= 0.3 is 0 Å². The van der Waals surface area contributed by atoms with Crippen molar-refractivity contribution in [2.45, 2.75) is 45.6 Å². The van der Waals surface area contributed by atoms with E-state index in [1.54, 1.807) is 6.20 Å². The number of imidazole rings is 1. The van der Waals surface area contributed by atoms with Crippen molar-refractivity contribution in [3.63, 3.8) is 0 Å². The molecule has 0 unspecified atom stereocenters. The van der Waals surface area contributed by atoms with Crippen molar-refractivity contribution in [2.24, 2.45) is 13.0 Å². The van der Waals surface area contributed by atoms with Crippen LogP contribution in [-0.4, -0.2) is 43.2 Å². The Morgan fingerprint density at radius 3 is 2.77 bits per heavy atom. The zero-order valence-electron chi connectivity index (χ0n) is 18.2. The number of nitrogens with zero attached hydrogens (tertiary/aromatic N) is 5. The maximum atomic E-state index is 13.2. The summed E-state index contributed by atoms with van der Waals surface area (Å²) < 4.78 is 8.99. The predicted octanol–water partition coefficient (Wildman–Crippen LogP) is 2.43. The Kier molecular flexibility index (Phi) is 4.79. The van der Waals surface area contributed by atoms with E-state index in [-0.39, 0.29) is 17.4 Å². The molecule has 0 N–H and O–H groups in total. The van der Waals surface area contributed by atoms with Crippen LogP contribution in [0.5, 0.6) is 0 Å². The SMILES string of the molecule is Cc1noc(C)c1CCC(=O)N1C[C@@H]2C[C@H](C1)c1ccc(-c3nccn3C)c(=O)n1C2. The van der Waals surface area contributed by atoms with E-state index in [1.165, 1.54) is 0 Å². The van der Waals surface area contributed by atoms with Gasteiger partial charge in [0, 0.05) is 62.7 Å². The fourth-order valence-corrected chi connectivity index (χ4v) is 5.19. The van der Waals surface area contributed by atoms with E-state index in [9.17, 15) is 9.59 Å². The smallest absolute Gasteiger partial charge is 0.261 e. The van der Waals surface area contributed by atoms with E-state index in [1.807, 2.05) is 53.3 Å². The van der Waals surface area contributed by atoms with E-state index < -0.39 is 0 Å². The van der Waals surface area contributed by atoms with Crippen LogP contribution in [0, 0.1) is 19.8 Å². The van der Waals surface area contributed by atoms with Crippen LogP contribution in [-0.2, 0) is 24.8 Å². The first-order valence-electron chi connectivity index (χ1n) is 10.8. The fraction of sp³-hybridized carbons (Fsp3) is 0.478. The van der Waals surface area contributed by atoms with Gasteiger partial charge in [0.2, 0.25) is 5.91 Å². The predicted molar refractivity (Wildman–Crippen MR) is 115 cm³/mol. The molecule has 1 saturated heterocycles. The molecule has 2 bridgehead atoms. The van der Waals surface area contributed by atoms with Gasteiger partial charge in [-0.25, -0.2) is 4.98 Å². The molecule has 5 heterocycles. The van der Waals surface area contributed by atoms with Crippen molar-refractivity contribution in [1.29, 1.82) is 0 Å². The van der Waals surface area contributed by atoms with Crippen molar-refractivity contribution in [2.75, 3.05) is 13.1 Å². The summed E-state index contributed by atoms with van der Waals surface area (Å²) in [6.45, 7) is 5.82. The molecule has 8 nitrogen and oxygen atoms in total. The Morgan fingerprint density at radius 1 is 1.23 bits per heavy atom. The number of hydrogen-bond donors (Lipinski definition) is 0. The number of aromatic nitrogens is 4. The van der Waals surface area contributed by atoms with Crippen molar-refractivity contribution >= 4 is 5.91 Å². The number of hydrogen-bond acceptors (Lipinski definition) is 5. The Morgan fingerprint density at radius 2 is 2.06 bits per heavy atom. The van der Waals surface area contributed by atoms with E-state index >= 15 is 0 Å². The van der Waals surface area contributed by atoms with Crippen molar-refractivity contribution in [3.05, 3.63) is 57.6 Å². The van der Waals surface area contributed by atoms with E-state index in [4.69, 9.17) is 4.52 Å². The van der Waals surface area contributed by atoms with Gasteiger partial charge in [0.1, 0.15) is 11.6 Å². The molecule has 0 aromatic carbocycles. The molecular formula is C23H27N5O3. The lowest BCUT2D eigenvalue weighted by molar-refractivity contribution is -0.133. The summed E-state index contributed by atoms with van der Waals surface area (Å²) in [5.74, 6) is 2.13. The molecule has 2 aliphatic heterocycles. The Balaban J connectivity index is 1.35. The van der Waals surface area contributed by atoms with E-state index in [0.717, 1.165) is 29.1 Å². The number of amides is 1. The molecule has 0 saturated carbocycles. The summed E-state index contributed by atoms with van der Waals surface area (Å²) in [6, 6.07) is 3.93. The molecule has 1 amide bonds. The first-order chi connectivity index (χ1) is 14.9. The van der Waals surface area contributed by atoms with Crippen LogP contribution in [0.3, 0.4) is 0 Å². The average molecular weight is 422 g/mol. The summed E-state index contributed by atoms with van der Waals surface area (Å²) in [4.78, 5) is 32.5. The van der Waals surface area contributed by atoms with Crippen LogP contribution in [0.25, 0.3) is 11.4 Å². The van der Waals surface area contributed by atoms with Gasteiger partial charge in [0.05, 0.1) is 11.3 Å². The second kappa shape index (κ2) is 7.51. The maximum Gasteiger partial charge on any atom is 0.261 e. The van der Waals surface area contributed by atoms with Gasteiger partial charge < -0.3 is 18.6 Å². The third kappa shape index (κ3) is 3.40. The third-order valence-corrected chi connectivity index (χ3v) is 6.79. The van der Waals surface area contributed by atoms with E-state index in [2.05, 4.69) is 10.1 Å². The van der Waals surface area contributed by atoms with E-state index in [0.29, 0.717) is 49.8 Å². The van der Waals surface area contributed by atoms with Crippen LogP contribution in [0.2, 0.25) is 0 Å². The molecular weight excluding hydrogens is 394 g/mol. The molecule has 0 aliphatic carbocycles. The number of aryl methyl sites for hydroxylation is 3. The number of fused-ring (bicyclic) bond motifs is 4. The molecule has 0 spiro atoms. The largest absolute Gasteiger partial charge is 0.361 e. The number of carbonyl (C=O) groups excluding carboxylic acids is 1. The molecule has 162 valence electrons. The second-order valence-corrected chi connectivity index (χ2v) is 8.85. The molecule has 31 heavy (non-hydrogen) atoms. The number of rotatable bonds is 4. The van der Waals surface area contributed by atoms with Crippen LogP contribution in [0.1, 0.15) is 41.5 Å². The fourth-order valence-electron chi connectivity index (χ4n) is 5.19. The van der Waals surface area contributed by atoms with Crippen molar-refractivity contribution in [3.8, 4) is 11.4 Å². The molecule has 0 radical (unpaired) electrons. The Hall–Kier alpha value is -3.16. The minimum Gasteiger partial charge on any atom is -0.361 e. The quantitative estimate of drug-likeness (QED) is 0.646. The van der Waals surface area contributed by atoms with Gasteiger partial charge in [-0.3, -0.25) is 9.59 Å². The monoisotopic (exact) mass is 421 g/mol. The van der Waals surface area contributed by atoms with Gasteiger partial charge in [-0.1, -0.05) is 5.16 Å². The standard InChI is InChI=1S/C23H27N5O3/c1-14-18(15(2)31-25-14)5-7-21(29)27-11-16-10-17(13-27)20-6-4-19(23(30)28(20)12-16)22-24-8-9-26(22)3/h4,6,8-9,16-17H,5,7,10-13H2,1-3H3/t16-,17+/m0/s1. The lowest BCUT2D eigenvalue weighted by atomic mass is 9.82. The summed E-state index contributed by atoms with van der Waals surface area (Å²) >= 11 is 0. The first-order valence-corrected chi connectivity index (χ1v) is 10.8. The van der Waals surface area contributed by atoms with Crippen LogP contribution in [0.15, 0.2) is 33.8 Å². The Labute approximate surface area is 180 Å². The number of pyridine rings is 1. The highest BCUT2D eigenvalue weighted by Gasteiger charge is 2.36. The lowest BCUT2D eigenvalue weighted by Crippen LogP contribution is -2.49. The van der Waals surface area contributed by atoms with Crippen molar-refractivity contribution in [1.82, 2.24) is 24.2 Å². The molecule has 2 aliphatic rings. The van der Waals surface area contributed by atoms with Crippen LogP contribution in [0.4, 0.5) is 0 Å². The molecule has 1 fully saturated rings. The zero-order valence-corrected chi connectivity index (χ0v) is 18.2. The highest BCUT2D eigenvalue weighted by atomic mass is 16.5. The third-order valence-electron chi connectivity index (χ3n) is 6.79. The Bertz CT molecular complexity index is 1180. The minimum atomic E-state index is 0.0136. The molecule has 5 rings (SSSR count). The van der Waals surface area contributed by atoms with Crippen molar-refractivity contribution < 1.29 is 9.32 Å². The average Bonchev–Trinajstić information content (AvgIpc) is 3.32. The summed E-state index contributed by atoms with van der Waals surface area (Å²) in [7, 11) is 1.90. The summed E-state index contributed by atoms with van der Waals surface area (Å²) in [5.41, 5.74) is 3.56. The number of piperidine rings is 1. The van der Waals surface area contributed by atoms with Gasteiger partial charge in [0.15, 0.2) is 0 Å². The molecule has 8 heteroatoms. The summed E-state index contributed by atoms with van der Waals surface area (Å²) in [5, 5.41) is 3.98. The van der Waals surface area contributed by atoms with Gasteiger partial charge in [0.25, 0.3) is 5.56 Å². The van der Waals surface area contributed by atoms with Gasteiger partial charge in [-0.2, -0.15) is 0 Å². The molecule has 2 atom stereocenters. The van der Waals surface area contributed by atoms with Crippen LogP contribution >= 0.6 is 0 Å². The lowest BCUT2D eigenvalue weighted by Gasteiger charge is -2.43. The van der Waals surface area contributed by atoms with Crippen LogP contribution < -0.4 is 5.56 Å².